The van der Waals surface area contributed by atoms with Crippen LogP contribution in [0.3, 0.4) is 0 Å². The summed E-state index contributed by atoms with van der Waals surface area (Å²) in [6, 6.07) is 9.14. The molecule has 1 heterocycles. The molecular formula is C12H17ClN2. The van der Waals surface area contributed by atoms with Crippen molar-refractivity contribution in [3.63, 3.8) is 0 Å². The fraction of sp³-hybridized carbons (Fsp3) is 0.500. The maximum atomic E-state index is 6.02. The molecule has 1 aliphatic rings. The van der Waals surface area contributed by atoms with E-state index < -0.39 is 0 Å². The van der Waals surface area contributed by atoms with Gasteiger partial charge < -0.3 is 10.2 Å². The van der Waals surface area contributed by atoms with Gasteiger partial charge in [-0.1, -0.05) is 17.7 Å². The second-order valence-corrected chi connectivity index (χ2v) is 4.68. The van der Waals surface area contributed by atoms with E-state index in [-0.39, 0.29) is 0 Å². The molecule has 0 saturated carbocycles. The highest BCUT2D eigenvalue weighted by Gasteiger charge is 2.24. The summed E-state index contributed by atoms with van der Waals surface area (Å²) in [5, 5.41) is 4.23. The molecule has 0 aromatic heterocycles. The molecule has 1 N–H and O–H groups in total. The molecule has 2 rings (SSSR count). The zero-order chi connectivity index (χ0) is 10.8. The van der Waals surface area contributed by atoms with Crippen molar-refractivity contribution in [1.82, 2.24) is 5.32 Å². The number of halogens is 1. The Labute approximate surface area is 96.2 Å². The Morgan fingerprint density at radius 2 is 1.93 bits per heavy atom. The highest BCUT2D eigenvalue weighted by Crippen LogP contribution is 2.24. The molecule has 0 bridgehead atoms. The van der Waals surface area contributed by atoms with E-state index in [1.54, 1.807) is 0 Å². The third-order valence-electron chi connectivity index (χ3n) is 2.94. The number of nitrogens with zero attached hydrogens (tertiary/aromatic N) is 1. The second kappa shape index (κ2) is 4.42. The Hall–Kier alpha value is -0.730. The highest BCUT2D eigenvalue weighted by molar-refractivity contribution is 6.30. The molecule has 2 unspecified atom stereocenters. The Balaban J connectivity index is 2.27. The van der Waals surface area contributed by atoms with Gasteiger partial charge in [-0.25, -0.2) is 0 Å². The fourth-order valence-corrected chi connectivity index (χ4v) is 2.46. The highest BCUT2D eigenvalue weighted by atomic mass is 35.5. The van der Waals surface area contributed by atoms with Gasteiger partial charge in [0.15, 0.2) is 0 Å². The molecule has 3 heteroatoms. The normalized spacial score (nSPS) is 26.7. The molecule has 1 aromatic rings. The summed E-state index contributed by atoms with van der Waals surface area (Å²) >= 11 is 6.02. The first-order valence-electron chi connectivity index (χ1n) is 5.43. The van der Waals surface area contributed by atoms with Crippen LogP contribution in [0.15, 0.2) is 24.3 Å². The smallest absolute Gasteiger partial charge is 0.0426 e. The topological polar surface area (TPSA) is 15.3 Å². The maximum absolute atomic E-state index is 6.02. The minimum atomic E-state index is 0.521. The van der Waals surface area contributed by atoms with Crippen molar-refractivity contribution in [2.45, 2.75) is 25.9 Å². The number of anilines is 1. The van der Waals surface area contributed by atoms with Crippen molar-refractivity contribution in [2.75, 3.05) is 18.0 Å². The van der Waals surface area contributed by atoms with Gasteiger partial charge >= 0.3 is 0 Å². The molecule has 1 saturated heterocycles. The number of piperazine rings is 1. The number of rotatable bonds is 1. The van der Waals surface area contributed by atoms with Crippen LogP contribution in [-0.4, -0.2) is 25.2 Å². The Morgan fingerprint density at radius 1 is 1.27 bits per heavy atom. The lowest BCUT2D eigenvalue weighted by molar-refractivity contribution is 0.432. The molecule has 1 aromatic carbocycles. The predicted octanol–water partition coefficient (Wildman–Crippen LogP) is 2.53. The molecule has 2 atom stereocenters. The Morgan fingerprint density at radius 3 is 2.53 bits per heavy atom. The van der Waals surface area contributed by atoms with Crippen molar-refractivity contribution >= 4 is 17.3 Å². The molecule has 15 heavy (non-hydrogen) atoms. The first-order valence-corrected chi connectivity index (χ1v) is 5.81. The number of hydrogen-bond acceptors (Lipinski definition) is 2. The Kier molecular flexibility index (Phi) is 3.17. The van der Waals surface area contributed by atoms with Crippen LogP contribution in [0.4, 0.5) is 5.69 Å². The zero-order valence-electron chi connectivity index (χ0n) is 9.20. The van der Waals surface area contributed by atoms with Gasteiger partial charge in [-0.2, -0.15) is 0 Å². The standard InChI is InChI=1S/C12H17ClN2/c1-9-7-14-8-10(2)15(9)12-5-3-4-11(13)6-12/h3-6,9-10,14H,7-8H2,1-2H3. The van der Waals surface area contributed by atoms with Gasteiger partial charge in [0.1, 0.15) is 0 Å². The van der Waals surface area contributed by atoms with Crippen LogP contribution in [0.2, 0.25) is 5.02 Å². The summed E-state index contributed by atoms with van der Waals surface area (Å²) in [5.74, 6) is 0. The second-order valence-electron chi connectivity index (χ2n) is 4.24. The first kappa shape index (κ1) is 10.8. The molecule has 1 aliphatic heterocycles. The van der Waals surface area contributed by atoms with Crippen LogP contribution in [0.5, 0.6) is 0 Å². The van der Waals surface area contributed by atoms with Crippen molar-refractivity contribution in [3.8, 4) is 0 Å². The minimum Gasteiger partial charge on any atom is -0.364 e. The van der Waals surface area contributed by atoms with Crippen molar-refractivity contribution in [1.29, 1.82) is 0 Å². The molecule has 2 nitrogen and oxygen atoms in total. The molecular weight excluding hydrogens is 208 g/mol. The number of benzene rings is 1. The quantitative estimate of drug-likeness (QED) is 0.789. The number of nitrogens with one attached hydrogen (secondary N) is 1. The first-order chi connectivity index (χ1) is 7.18. The van der Waals surface area contributed by atoms with E-state index >= 15 is 0 Å². The third kappa shape index (κ3) is 2.27. The predicted molar refractivity (Wildman–Crippen MR) is 65.7 cm³/mol. The van der Waals surface area contributed by atoms with E-state index in [1.807, 2.05) is 18.2 Å². The van der Waals surface area contributed by atoms with Gasteiger partial charge in [0, 0.05) is 35.9 Å². The monoisotopic (exact) mass is 224 g/mol. The number of hydrogen-bond donors (Lipinski definition) is 1. The van der Waals surface area contributed by atoms with Crippen LogP contribution < -0.4 is 10.2 Å². The van der Waals surface area contributed by atoms with Gasteiger partial charge in [-0.05, 0) is 32.0 Å². The van der Waals surface area contributed by atoms with E-state index in [2.05, 4.69) is 30.1 Å². The maximum Gasteiger partial charge on any atom is 0.0426 e. The summed E-state index contributed by atoms with van der Waals surface area (Å²) in [5.41, 5.74) is 1.23. The summed E-state index contributed by atoms with van der Waals surface area (Å²) in [4.78, 5) is 2.43. The third-order valence-corrected chi connectivity index (χ3v) is 3.17. The molecule has 0 spiro atoms. The van der Waals surface area contributed by atoms with Crippen molar-refractivity contribution in [3.05, 3.63) is 29.3 Å². The lowest BCUT2D eigenvalue weighted by Crippen LogP contribution is -2.55. The average molecular weight is 225 g/mol. The van der Waals surface area contributed by atoms with Gasteiger partial charge in [-0.15, -0.1) is 0 Å². The molecule has 1 fully saturated rings. The van der Waals surface area contributed by atoms with E-state index in [4.69, 9.17) is 11.6 Å². The minimum absolute atomic E-state index is 0.521. The van der Waals surface area contributed by atoms with Crippen LogP contribution in [-0.2, 0) is 0 Å². The van der Waals surface area contributed by atoms with E-state index in [1.165, 1.54) is 5.69 Å². The Bertz CT molecular complexity index is 330. The van der Waals surface area contributed by atoms with Crippen molar-refractivity contribution in [2.24, 2.45) is 0 Å². The van der Waals surface area contributed by atoms with E-state index in [0.717, 1.165) is 18.1 Å². The van der Waals surface area contributed by atoms with Crippen LogP contribution in [0, 0.1) is 0 Å². The van der Waals surface area contributed by atoms with E-state index in [9.17, 15) is 0 Å². The van der Waals surface area contributed by atoms with Gasteiger partial charge in [0.25, 0.3) is 0 Å². The lowest BCUT2D eigenvalue weighted by Gasteiger charge is -2.41. The largest absolute Gasteiger partial charge is 0.364 e. The van der Waals surface area contributed by atoms with Crippen LogP contribution in [0.25, 0.3) is 0 Å². The van der Waals surface area contributed by atoms with Gasteiger partial charge in [0.2, 0.25) is 0 Å². The summed E-state index contributed by atoms with van der Waals surface area (Å²) < 4.78 is 0. The SMILES string of the molecule is CC1CNCC(C)N1c1cccc(Cl)c1. The van der Waals surface area contributed by atoms with Crippen LogP contribution in [0.1, 0.15) is 13.8 Å². The van der Waals surface area contributed by atoms with E-state index in [0.29, 0.717) is 12.1 Å². The molecule has 82 valence electrons. The zero-order valence-corrected chi connectivity index (χ0v) is 9.96. The molecule has 0 aliphatic carbocycles. The lowest BCUT2D eigenvalue weighted by atomic mass is 10.1. The van der Waals surface area contributed by atoms with Crippen LogP contribution >= 0.6 is 11.6 Å². The summed E-state index contributed by atoms with van der Waals surface area (Å²) in [6.45, 7) is 6.56. The summed E-state index contributed by atoms with van der Waals surface area (Å²) in [7, 11) is 0. The van der Waals surface area contributed by atoms with Gasteiger partial charge in [-0.3, -0.25) is 0 Å². The fourth-order valence-electron chi connectivity index (χ4n) is 2.28. The van der Waals surface area contributed by atoms with Gasteiger partial charge in [0.05, 0.1) is 0 Å². The molecule has 0 radical (unpaired) electrons. The molecule has 0 amide bonds. The average Bonchev–Trinajstić information content (AvgIpc) is 2.17. The van der Waals surface area contributed by atoms with Crippen molar-refractivity contribution < 1.29 is 0 Å². The summed E-state index contributed by atoms with van der Waals surface area (Å²) in [6.07, 6.45) is 0.